The molecule has 2 N–H and O–H groups in total. The average Bonchev–Trinajstić information content (AvgIpc) is 2.88. The molecule has 1 atom stereocenters. The van der Waals surface area contributed by atoms with Crippen molar-refractivity contribution in [1.82, 2.24) is 0 Å². The fourth-order valence-electron chi connectivity index (χ4n) is 2.36. The molecule has 2 aromatic carbocycles. The molecular formula is C16H15NO2S. The number of phenolic OH excluding ortho intramolecular Hbond substituents is 1. The Hall–Kier alpha value is -1.94. The van der Waals surface area contributed by atoms with Crippen molar-refractivity contribution >= 4 is 23.4 Å². The molecular weight excluding hydrogens is 270 g/mol. The molecule has 3 rings (SSSR count). The highest BCUT2D eigenvalue weighted by molar-refractivity contribution is 7.99. The maximum Gasteiger partial charge on any atom is 0.232 e. The van der Waals surface area contributed by atoms with E-state index in [2.05, 4.69) is 5.32 Å². The number of anilines is 1. The molecule has 0 aliphatic carbocycles. The first-order chi connectivity index (χ1) is 9.66. The Kier molecular flexibility index (Phi) is 3.40. The second kappa shape index (κ2) is 5.21. The second-order valence-electron chi connectivity index (χ2n) is 4.84. The molecule has 4 heteroatoms. The summed E-state index contributed by atoms with van der Waals surface area (Å²) < 4.78 is 0. The van der Waals surface area contributed by atoms with Crippen LogP contribution in [0.2, 0.25) is 0 Å². The number of aromatic hydroxyl groups is 1. The van der Waals surface area contributed by atoms with Crippen molar-refractivity contribution in [3.63, 3.8) is 0 Å². The Labute approximate surface area is 122 Å². The summed E-state index contributed by atoms with van der Waals surface area (Å²) in [5, 5.41) is 12.6. The van der Waals surface area contributed by atoms with E-state index in [-0.39, 0.29) is 17.6 Å². The van der Waals surface area contributed by atoms with Gasteiger partial charge in [-0.15, -0.1) is 11.8 Å². The molecule has 0 saturated heterocycles. The molecule has 1 unspecified atom stereocenters. The minimum atomic E-state index is -0.127. The first-order valence-corrected chi connectivity index (χ1v) is 7.46. The zero-order chi connectivity index (χ0) is 14.1. The van der Waals surface area contributed by atoms with Gasteiger partial charge in [0.05, 0.1) is 5.92 Å². The van der Waals surface area contributed by atoms with Crippen LogP contribution in [0, 0.1) is 6.92 Å². The third-order valence-corrected chi connectivity index (χ3v) is 4.76. The van der Waals surface area contributed by atoms with Crippen molar-refractivity contribution in [2.75, 3.05) is 11.1 Å². The summed E-state index contributed by atoms with van der Waals surface area (Å²) in [6, 6.07) is 13.2. The fourth-order valence-corrected chi connectivity index (χ4v) is 3.59. The van der Waals surface area contributed by atoms with Crippen molar-refractivity contribution in [3.05, 3.63) is 53.6 Å². The van der Waals surface area contributed by atoms with Gasteiger partial charge >= 0.3 is 0 Å². The van der Waals surface area contributed by atoms with Crippen LogP contribution < -0.4 is 5.32 Å². The van der Waals surface area contributed by atoms with E-state index in [0.717, 1.165) is 11.3 Å². The minimum absolute atomic E-state index is 0.0175. The van der Waals surface area contributed by atoms with Gasteiger partial charge in [0.15, 0.2) is 0 Å². The number of hydrogen-bond donors (Lipinski definition) is 2. The van der Waals surface area contributed by atoms with E-state index in [9.17, 15) is 9.90 Å². The van der Waals surface area contributed by atoms with Gasteiger partial charge in [-0.3, -0.25) is 4.79 Å². The van der Waals surface area contributed by atoms with Crippen LogP contribution in [0.4, 0.5) is 5.69 Å². The number of fused-ring (bicyclic) bond motifs is 1. The van der Waals surface area contributed by atoms with Crippen molar-refractivity contribution in [2.24, 2.45) is 0 Å². The topological polar surface area (TPSA) is 49.3 Å². The SMILES string of the molecule is Cc1c(O)cccc1NC(=O)C1CSc2ccccc21. The summed E-state index contributed by atoms with van der Waals surface area (Å²) in [5.41, 5.74) is 2.46. The monoisotopic (exact) mass is 285 g/mol. The number of carbonyl (C=O) groups is 1. The van der Waals surface area contributed by atoms with Gasteiger partial charge in [0, 0.05) is 21.9 Å². The third-order valence-electron chi connectivity index (χ3n) is 3.58. The molecule has 0 saturated carbocycles. The highest BCUT2D eigenvalue weighted by Gasteiger charge is 2.29. The van der Waals surface area contributed by atoms with Crippen LogP contribution in [0.25, 0.3) is 0 Å². The van der Waals surface area contributed by atoms with Gasteiger partial charge in [-0.05, 0) is 30.7 Å². The zero-order valence-corrected chi connectivity index (χ0v) is 11.9. The quantitative estimate of drug-likeness (QED) is 0.887. The molecule has 3 nitrogen and oxygen atoms in total. The van der Waals surface area contributed by atoms with Crippen LogP contribution in [0.3, 0.4) is 0 Å². The number of thioether (sulfide) groups is 1. The van der Waals surface area contributed by atoms with Crippen LogP contribution in [-0.4, -0.2) is 16.8 Å². The van der Waals surface area contributed by atoms with E-state index in [4.69, 9.17) is 0 Å². The fraction of sp³-hybridized carbons (Fsp3) is 0.188. The molecule has 1 aliphatic heterocycles. The van der Waals surface area contributed by atoms with Gasteiger partial charge < -0.3 is 10.4 Å². The second-order valence-corrected chi connectivity index (χ2v) is 5.90. The number of nitrogens with one attached hydrogen (secondary N) is 1. The minimum Gasteiger partial charge on any atom is -0.508 e. The highest BCUT2D eigenvalue weighted by atomic mass is 32.2. The molecule has 1 aliphatic rings. The first kappa shape index (κ1) is 13.1. The maximum atomic E-state index is 12.4. The molecule has 0 radical (unpaired) electrons. The summed E-state index contributed by atoms with van der Waals surface area (Å²) in [4.78, 5) is 13.6. The van der Waals surface area contributed by atoms with Gasteiger partial charge in [0.2, 0.25) is 5.91 Å². The average molecular weight is 285 g/mol. The van der Waals surface area contributed by atoms with Gasteiger partial charge in [-0.25, -0.2) is 0 Å². The molecule has 1 amide bonds. The van der Waals surface area contributed by atoms with E-state index >= 15 is 0 Å². The van der Waals surface area contributed by atoms with Crippen LogP contribution >= 0.6 is 11.8 Å². The molecule has 102 valence electrons. The predicted molar refractivity (Wildman–Crippen MR) is 81.4 cm³/mol. The zero-order valence-electron chi connectivity index (χ0n) is 11.1. The van der Waals surface area contributed by atoms with E-state index in [1.807, 2.05) is 24.3 Å². The van der Waals surface area contributed by atoms with E-state index < -0.39 is 0 Å². The molecule has 2 aromatic rings. The van der Waals surface area contributed by atoms with Crippen molar-refractivity contribution < 1.29 is 9.90 Å². The molecule has 0 fully saturated rings. The Morgan fingerprint density at radius 1 is 1.25 bits per heavy atom. The number of rotatable bonds is 2. The summed E-state index contributed by atoms with van der Waals surface area (Å²) >= 11 is 1.71. The number of benzene rings is 2. The Balaban J connectivity index is 1.83. The lowest BCUT2D eigenvalue weighted by Gasteiger charge is -2.13. The lowest BCUT2D eigenvalue weighted by Crippen LogP contribution is -2.21. The Morgan fingerprint density at radius 3 is 2.90 bits per heavy atom. The van der Waals surface area contributed by atoms with Crippen molar-refractivity contribution in [2.45, 2.75) is 17.7 Å². The summed E-state index contributed by atoms with van der Waals surface area (Å²) in [6.07, 6.45) is 0. The van der Waals surface area contributed by atoms with Gasteiger partial charge in [-0.2, -0.15) is 0 Å². The Morgan fingerprint density at radius 2 is 2.05 bits per heavy atom. The van der Waals surface area contributed by atoms with Crippen LogP contribution in [0.15, 0.2) is 47.4 Å². The van der Waals surface area contributed by atoms with E-state index in [0.29, 0.717) is 11.3 Å². The summed E-state index contributed by atoms with van der Waals surface area (Å²) in [7, 11) is 0. The summed E-state index contributed by atoms with van der Waals surface area (Å²) in [6.45, 7) is 1.79. The largest absolute Gasteiger partial charge is 0.508 e. The normalized spacial score (nSPS) is 16.8. The highest BCUT2D eigenvalue weighted by Crippen LogP contribution is 2.40. The van der Waals surface area contributed by atoms with E-state index in [1.54, 1.807) is 36.9 Å². The number of hydrogen-bond acceptors (Lipinski definition) is 3. The predicted octanol–water partition coefficient (Wildman–Crippen LogP) is 3.53. The smallest absolute Gasteiger partial charge is 0.232 e. The molecule has 0 spiro atoms. The summed E-state index contributed by atoms with van der Waals surface area (Å²) in [5.74, 6) is 0.821. The van der Waals surface area contributed by atoms with Gasteiger partial charge in [0.25, 0.3) is 0 Å². The van der Waals surface area contributed by atoms with Crippen molar-refractivity contribution in [1.29, 1.82) is 0 Å². The standard InChI is InChI=1S/C16H15NO2S/c1-10-13(6-4-7-14(10)18)17-16(19)12-9-20-15-8-3-2-5-11(12)15/h2-8,12,18H,9H2,1H3,(H,17,19). The number of carbonyl (C=O) groups excluding carboxylic acids is 1. The number of amides is 1. The molecule has 0 aromatic heterocycles. The number of phenols is 1. The van der Waals surface area contributed by atoms with Crippen LogP contribution in [0.5, 0.6) is 5.75 Å². The maximum absolute atomic E-state index is 12.4. The molecule has 0 bridgehead atoms. The van der Waals surface area contributed by atoms with Gasteiger partial charge in [0.1, 0.15) is 5.75 Å². The Bertz CT molecular complexity index is 669. The molecule has 20 heavy (non-hydrogen) atoms. The van der Waals surface area contributed by atoms with E-state index in [1.165, 1.54) is 4.90 Å². The lowest BCUT2D eigenvalue weighted by molar-refractivity contribution is -0.117. The van der Waals surface area contributed by atoms with Crippen LogP contribution in [-0.2, 0) is 4.79 Å². The molecule has 1 heterocycles. The third kappa shape index (κ3) is 2.27. The van der Waals surface area contributed by atoms with Crippen LogP contribution in [0.1, 0.15) is 17.0 Å². The van der Waals surface area contributed by atoms with Crippen molar-refractivity contribution in [3.8, 4) is 5.75 Å². The lowest BCUT2D eigenvalue weighted by atomic mass is 10.0. The first-order valence-electron chi connectivity index (χ1n) is 6.48. The van der Waals surface area contributed by atoms with Gasteiger partial charge in [-0.1, -0.05) is 24.3 Å².